The Kier molecular flexibility index (Phi) is 7.08. The lowest BCUT2D eigenvalue weighted by atomic mass is 10.2. The molecular formula is C26H21FN2O4S. The Labute approximate surface area is 200 Å². The molecule has 172 valence electrons. The van der Waals surface area contributed by atoms with Crippen molar-refractivity contribution in [2.75, 3.05) is 6.54 Å². The molecule has 1 saturated heterocycles. The van der Waals surface area contributed by atoms with Gasteiger partial charge in [-0.1, -0.05) is 30.3 Å². The van der Waals surface area contributed by atoms with Crippen molar-refractivity contribution >= 4 is 40.6 Å². The van der Waals surface area contributed by atoms with Crippen molar-refractivity contribution in [3.63, 3.8) is 0 Å². The Morgan fingerprint density at radius 1 is 1.12 bits per heavy atom. The highest BCUT2D eigenvalue weighted by Crippen LogP contribution is 2.34. The standard InChI is InChI=1S/C26H21FN2O4S/c1-2-29-24(30)23(34-26(29)28-21-5-3-4-19(15-21)25(31)32)14-17-8-12-22(13-9-17)33-16-18-6-10-20(27)11-7-18/h3-15H,2,16H2,1H3,(H,31,32). The fraction of sp³-hybridized carbons (Fsp3) is 0.115. The van der Waals surface area contributed by atoms with E-state index < -0.39 is 5.97 Å². The highest BCUT2D eigenvalue weighted by molar-refractivity contribution is 8.18. The van der Waals surface area contributed by atoms with Gasteiger partial charge < -0.3 is 9.84 Å². The topological polar surface area (TPSA) is 79.2 Å². The van der Waals surface area contributed by atoms with Crippen LogP contribution in [0.15, 0.2) is 82.7 Å². The minimum absolute atomic E-state index is 0.136. The first-order valence-corrected chi connectivity index (χ1v) is 11.4. The summed E-state index contributed by atoms with van der Waals surface area (Å²) < 4.78 is 18.7. The fourth-order valence-corrected chi connectivity index (χ4v) is 4.31. The van der Waals surface area contributed by atoms with E-state index in [1.807, 2.05) is 31.2 Å². The minimum atomic E-state index is -1.03. The zero-order valence-corrected chi connectivity index (χ0v) is 19.1. The normalized spacial score (nSPS) is 15.8. The Balaban J connectivity index is 1.48. The molecule has 0 unspecified atom stereocenters. The molecule has 0 radical (unpaired) electrons. The number of likely N-dealkylation sites (N-methyl/N-ethyl adjacent to an activating group) is 1. The van der Waals surface area contributed by atoms with Crippen molar-refractivity contribution in [2.24, 2.45) is 4.99 Å². The largest absolute Gasteiger partial charge is 0.489 e. The molecular weight excluding hydrogens is 455 g/mol. The van der Waals surface area contributed by atoms with Gasteiger partial charge in [-0.05, 0) is 78.4 Å². The predicted octanol–water partition coefficient (Wildman–Crippen LogP) is 5.73. The van der Waals surface area contributed by atoms with Gasteiger partial charge in [-0.2, -0.15) is 0 Å². The molecule has 1 aliphatic heterocycles. The van der Waals surface area contributed by atoms with Crippen molar-refractivity contribution < 1.29 is 23.8 Å². The predicted molar refractivity (Wildman–Crippen MR) is 131 cm³/mol. The van der Waals surface area contributed by atoms with Gasteiger partial charge in [0.2, 0.25) is 0 Å². The summed E-state index contributed by atoms with van der Waals surface area (Å²) in [4.78, 5) is 30.7. The van der Waals surface area contributed by atoms with Gasteiger partial charge >= 0.3 is 5.97 Å². The van der Waals surface area contributed by atoms with E-state index >= 15 is 0 Å². The molecule has 34 heavy (non-hydrogen) atoms. The molecule has 0 aliphatic carbocycles. The van der Waals surface area contributed by atoms with Crippen LogP contribution < -0.4 is 4.74 Å². The van der Waals surface area contributed by atoms with Crippen LogP contribution in [0.1, 0.15) is 28.4 Å². The minimum Gasteiger partial charge on any atom is -0.489 e. The number of nitrogens with zero attached hydrogens (tertiary/aromatic N) is 2. The van der Waals surface area contributed by atoms with E-state index in [-0.39, 0.29) is 17.3 Å². The maximum atomic E-state index is 13.0. The van der Waals surface area contributed by atoms with Gasteiger partial charge in [-0.25, -0.2) is 14.2 Å². The van der Waals surface area contributed by atoms with Gasteiger partial charge in [-0.15, -0.1) is 0 Å². The molecule has 3 aromatic rings. The van der Waals surface area contributed by atoms with E-state index in [1.54, 1.807) is 35.2 Å². The molecule has 4 rings (SSSR count). The third-order valence-electron chi connectivity index (χ3n) is 5.02. The molecule has 0 saturated carbocycles. The van der Waals surface area contributed by atoms with Gasteiger partial charge in [0.1, 0.15) is 18.2 Å². The number of aliphatic imine (C=N–C) groups is 1. The zero-order valence-electron chi connectivity index (χ0n) is 18.3. The second-order valence-corrected chi connectivity index (χ2v) is 8.40. The smallest absolute Gasteiger partial charge is 0.335 e. The summed E-state index contributed by atoms with van der Waals surface area (Å²) in [5.41, 5.74) is 2.30. The van der Waals surface area contributed by atoms with Gasteiger partial charge in [0.05, 0.1) is 16.2 Å². The first-order chi connectivity index (χ1) is 16.4. The number of carboxylic acids is 1. The first kappa shape index (κ1) is 23.3. The molecule has 0 bridgehead atoms. The number of hydrogen-bond donors (Lipinski definition) is 1. The van der Waals surface area contributed by atoms with Gasteiger partial charge in [0, 0.05) is 6.54 Å². The van der Waals surface area contributed by atoms with Gasteiger partial charge in [0.25, 0.3) is 5.91 Å². The Morgan fingerprint density at radius 2 is 1.85 bits per heavy atom. The van der Waals surface area contributed by atoms with E-state index in [2.05, 4.69) is 4.99 Å². The van der Waals surface area contributed by atoms with E-state index in [0.29, 0.717) is 34.7 Å². The third-order valence-corrected chi connectivity index (χ3v) is 6.03. The average molecular weight is 477 g/mol. The maximum absolute atomic E-state index is 13.0. The van der Waals surface area contributed by atoms with Crippen LogP contribution >= 0.6 is 11.8 Å². The molecule has 0 aromatic heterocycles. The number of rotatable bonds is 7. The summed E-state index contributed by atoms with van der Waals surface area (Å²) in [7, 11) is 0. The molecule has 1 fully saturated rings. The molecule has 3 aromatic carbocycles. The number of carboxylic acid groups (broad SMARTS) is 1. The van der Waals surface area contributed by atoms with Crippen LogP contribution in [0.5, 0.6) is 5.75 Å². The van der Waals surface area contributed by atoms with E-state index in [1.165, 1.54) is 36.0 Å². The van der Waals surface area contributed by atoms with E-state index in [4.69, 9.17) is 4.74 Å². The Morgan fingerprint density at radius 3 is 2.53 bits per heavy atom. The molecule has 1 heterocycles. The molecule has 8 heteroatoms. The summed E-state index contributed by atoms with van der Waals surface area (Å²) in [5, 5.41) is 9.69. The average Bonchev–Trinajstić information content (AvgIpc) is 3.13. The van der Waals surface area contributed by atoms with Crippen LogP contribution in [0.4, 0.5) is 10.1 Å². The lowest BCUT2D eigenvalue weighted by molar-refractivity contribution is -0.122. The summed E-state index contributed by atoms with van der Waals surface area (Å²) >= 11 is 1.25. The van der Waals surface area contributed by atoms with E-state index in [9.17, 15) is 19.1 Å². The molecule has 1 aliphatic rings. The van der Waals surface area contributed by atoms with E-state index in [0.717, 1.165) is 11.1 Å². The zero-order chi connectivity index (χ0) is 24.1. The second kappa shape index (κ2) is 10.4. The van der Waals surface area contributed by atoms with Crippen molar-refractivity contribution in [3.05, 3.63) is 100 Å². The number of benzene rings is 3. The number of amides is 1. The number of aromatic carboxylic acids is 1. The molecule has 0 spiro atoms. The fourth-order valence-electron chi connectivity index (χ4n) is 3.25. The summed E-state index contributed by atoms with van der Waals surface area (Å²) in [5.74, 6) is -0.816. The van der Waals surface area contributed by atoms with Crippen LogP contribution in [-0.4, -0.2) is 33.6 Å². The SMILES string of the molecule is CCN1C(=O)C(=Cc2ccc(OCc3ccc(F)cc3)cc2)SC1=Nc1cccc(C(=O)O)c1. The lowest BCUT2D eigenvalue weighted by Gasteiger charge is -2.12. The first-order valence-electron chi connectivity index (χ1n) is 10.5. The van der Waals surface area contributed by atoms with Gasteiger partial charge in [0.15, 0.2) is 5.17 Å². The molecule has 1 amide bonds. The Bertz CT molecular complexity index is 1270. The van der Waals surface area contributed by atoms with Crippen molar-refractivity contribution in [2.45, 2.75) is 13.5 Å². The van der Waals surface area contributed by atoms with Crippen LogP contribution in [0.3, 0.4) is 0 Å². The third kappa shape index (κ3) is 5.52. The summed E-state index contributed by atoms with van der Waals surface area (Å²) in [6.45, 7) is 2.62. The van der Waals surface area contributed by atoms with Crippen LogP contribution in [-0.2, 0) is 11.4 Å². The number of carbonyl (C=O) groups is 2. The molecule has 1 N–H and O–H groups in total. The van der Waals surface area contributed by atoms with Crippen LogP contribution in [0.2, 0.25) is 0 Å². The highest BCUT2D eigenvalue weighted by Gasteiger charge is 2.32. The number of hydrogen-bond acceptors (Lipinski definition) is 5. The second-order valence-electron chi connectivity index (χ2n) is 7.39. The summed E-state index contributed by atoms with van der Waals surface area (Å²) in [6.07, 6.45) is 1.79. The number of ether oxygens (including phenoxy) is 1. The van der Waals surface area contributed by atoms with Crippen molar-refractivity contribution in [1.82, 2.24) is 4.90 Å². The highest BCUT2D eigenvalue weighted by atomic mass is 32.2. The molecule has 0 atom stereocenters. The Hall–Kier alpha value is -3.91. The van der Waals surface area contributed by atoms with Gasteiger partial charge in [-0.3, -0.25) is 9.69 Å². The molecule has 6 nitrogen and oxygen atoms in total. The maximum Gasteiger partial charge on any atom is 0.335 e. The quantitative estimate of drug-likeness (QED) is 0.441. The van der Waals surface area contributed by atoms with Crippen molar-refractivity contribution in [1.29, 1.82) is 0 Å². The summed E-state index contributed by atoms with van der Waals surface area (Å²) in [6, 6.07) is 19.7. The number of halogens is 1. The number of amidine groups is 1. The van der Waals surface area contributed by atoms with Crippen LogP contribution in [0.25, 0.3) is 6.08 Å². The van der Waals surface area contributed by atoms with Crippen molar-refractivity contribution in [3.8, 4) is 5.75 Å². The number of thioether (sulfide) groups is 1. The van der Waals surface area contributed by atoms with Crippen LogP contribution in [0, 0.1) is 5.82 Å². The lowest BCUT2D eigenvalue weighted by Crippen LogP contribution is -2.28. The monoisotopic (exact) mass is 476 g/mol. The number of carbonyl (C=O) groups excluding carboxylic acids is 1.